The van der Waals surface area contributed by atoms with E-state index >= 15 is 0 Å². The number of aromatic nitrogens is 1. The molecule has 6 heteroatoms. The smallest absolute Gasteiger partial charge is 0.270 e. The highest BCUT2D eigenvalue weighted by Crippen LogP contribution is 2.27. The maximum Gasteiger partial charge on any atom is 0.270 e. The summed E-state index contributed by atoms with van der Waals surface area (Å²) in [6.07, 6.45) is 0. The van der Waals surface area contributed by atoms with Crippen molar-refractivity contribution in [2.45, 2.75) is 6.92 Å². The number of nitrogens with zero attached hydrogens (tertiary/aromatic N) is 3. The van der Waals surface area contributed by atoms with Crippen LogP contribution in [-0.4, -0.2) is 9.91 Å². The number of rotatable bonds is 2. The molecular weight excluding hydrogens is 244 g/mol. The highest BCUT2D eigenvalue weighted by Gasteiger charge is 2.12. The lowest BCUT2D eigenvalue weighted by Crippen LogP contribution is -1.99. The maximum atomic E-state index is 10.8. The maximum absolute atomic E-state index is 10.8. The van der Waals surface area contributed by atoms with E-state index < -0.39 is 4.92 Å². The van der Waals surface area contributed by atoms with Crippen LogP contribution in [0.1, 0.15) is 11.1 Å². The van der Waals surface area contributed by atoms with Gasteiger partial charge in [-0.3, -0.25) is 10.1 Å². The summed E-state index contributed by atoms with van der Waals surface area (Å²) in [7, 11) is 0. The van der Waals surface area contributed by atoms with Crippen LogP contribution >= 0.6 is 0 Å². The summed E-state index contributed by atoms with van der Waals surface area (Å²) in [5.74, 6) is 0.120. The Morgan fingerprint density at radius 2 is 2.16 bits per heavy atom. The zero-order chi connectivity index (χ0) is 14.0. The van der Waals surface area contributed by atoms with Gasteiger partial charge in [0.15, 0.2) is 0 Å². The zero-order valence-corrected chi connectivity index (χ0v) is 10.1. The number of benzene rings is 1. The van der Waals surface area contributed by atoms with E-state index in [2.05, 4.69) is 4.98 Å². The SMILES string of the molecule is Cc1cc(C#N)c(N)nc1-c1cccc([N+](=O)[O-])c1. The molecule has 94 valence electrons. The summed E-state index contributed by atoms with van der Waals surface area (Å²) in [4.78, 5) is 14.4. The number of hydrogen-bond donors (Lipinski definition) is 1. The molecule has 2 N–H and O–H groups in total. The van der Waals surface area contributed by atoms with E-state index in [0.29, 0.717) is 16.8 Å². The first-order chi connectivity index (χ1) is 9.02. The topological polar surface area (TPSA) is 106 Å². The predicted molar refractivity (Wildman–Crippen MR) is 70.2 cm³/mol. The van der Waals surface area contributed by atoms with Gasteiger partial charge in [0.05, 0.1) is 16.2 Å². The summed E-state index contributed by atoms with van der Waals surface area (Å²) in [5.41, 5.74) is 7.84. The number of nitro benzene ring substituents is 1. The molecule has 19 heavy (non-hydrogen) atoms. The van der Waals surface area contributed by atoms with Crippen molar-refractivity contribution in [1.82, 2.24) is 4.98 Å². The largest absolute Gasteiger partial charge is 0.383 e. The van der Waals surface area contributed by atoms with Gasteiger partial charge >= 0.3 is 0 Å². The first-order valence-electron chi connectivity index (χ1n) is 5.45. The van der Waals surface area contributed by atoms with Crippen molar-refractivity contribution < 1.29 is 4.92 Å². The van der Waals surface area contributed by atoms with Crippen LogP contribution in [0.2, 0.25) is 0 Å². The second kappa shape index (κ2) is 4.74. The highest BCUT2D eigenvalue weighted by atomic mass is 16.6. The molecule has 6 nitrogen and oxygen atoms in total. The molecule has 0 amide bonds. The Morgan fingerprint density at radius 1 is 1.42 bits per heavy atom. The lowest BCUT2D eigenvalue weighted by atomic mass is 10.0. The molecule has 0 bridgehead atoms. The van der Waals surface area contributed by atoms with Gasteiger partial charge in [0.1, 0.15) is 11.9 Å². The van der Waals surface area contributed by atoms with Crippen LogP contribution in [0.25, 0.3) is 11.3 Å². The van der Waals surface area contributed by atoms with Crippen LogP contribution in [0.5, 0.6) is 0 Å². The molecule has 0 radical (unpaired) electrons. The second-order valence-electron chi connectivity index (χ2n) is 4.01. The van der Waals surface area contributed by atoms with Crippen molar-refractivity contribution in [2.24, 2.45) is 0 Å². The van der Waals surface area contributed by atoms with Crippen LogP contribution < -0.4 is 5.73 Å². The van der Waals surface area contributed by atoms with Crippen LogP contribution in [0.3, 0.4) is 0 Å². The summed E-state index contributed by atoms with van der Waals surface area (Å²) in [6.45, 7) is 1.78. The molecule has 0 atom stereocenters. The van der Waals surface area contributed by atoms with Crippen LogP contribution in [-0.2, 0) is 0 Å². The van der Waals surface area contributed by atoms with Gasteiger partial charge < -0.3 is 5.73 Å². The van der Waals surface area contributed by atoms with Gasteiger partial charge in [0.2, 0.25) is 0 Å². The number of nitro groups is 1. The molecule has 2 aromatic rings. The van der Waals surface area contributed by atoms with E-state index in [1.165, 1.54) is 12.1 Å². The molecule has 2 rings (SSSR count). The minimum atomic E-state index is -0.466. The number of aryl methyl sites for hydroxylation is 1. The number of nitrogens with two attached hydrogens (primary N) is 1. The van der Waals surface area contributed by atoms with Crippen molar-refractivity contribution >= 4 is 11.5 Å². The minimum Gasteiger partial charge on any atom is -0.383 e. The van der Waals surface area contributed by atoms with Crippen molar-refractivity contribution in [3.63, 3.8) is 0 Å². The van der Waals surface area contributed by atoms with E-state index in [1.54, 1.807) is 25.1 Å². The van der Waals surface area contributed by atoms with Gasteiger partial charge in [0, 0.05) is 17.7 Å². The molecule has 0 aliphatic carbocycles. The van der Waals surface area contributed by atoms with E-state index in [9.17, 15) is 10.1 Å². The fourth-order valence-corrected chi connectivity index (χ4v) is 1.78. The third kappa shape index (κ3) is 2.35. The molecule has 0 fully saturated rings. The molecule has 1 aromatic carbocycles. The molecule has 0 saturated carbocycles. The lowest BCUT2D eigenvalue weighted by Gasteiger charge is -2.07. The third-order valence-corrected chi connectivity index (χ3v) is 2.69. The highest BCUT2D eigenvalue weighted by molar-refractivity contribution is 5.69. The van der Waals surface area contributed by atoms with Gasteiger partial charge in [-0.2, -0.15) is 5.26 Å². The number of nitriles is 1. The van der Waals surface area contributed by atoms with Crippen LogP contribution in [0.4, 0.5) is 11.5 Å². The normalized spacial score (nSPS) is 9.89. The van der Waals surface area contributed by atoms with Crippen molar-refractivity contribution in [2.75, 3.05) is 5.73 Å². The number of nitrogen functional groups attached to an aromatic ring is 1. The molecule has 0 saturated heterocycles. The van der Waals surface area contributed by atoms with Crippen molar-refractivity contribution in [3.05, 3.63) is 51.6 Å². The number of anilines is 1. The summed E-state index contributed by atoms with van der Waals surface area (Å²) in [5, 5.41) is 19.6. The van der Waals surface area contributed by atoms with Crippen molar-refractivity contribution in [1.29, 1.82) is 5.26 Å². The van der Waals surface area contributed by atoms with Crippen LogP contribution in [0, 0.1) is 28.4 Å². The quantitative estimate of drug-likeness (QED) is 0.654. The molecule has 0 unspecified atom stereocenters. The predicted octanol–water partition coefficient (Wildman–Crippen LogP) is 2.42. The molecular formula is C13H10N4O2. The summed E-state index contributed by atoms with van der Waals surface area (Å²) in [6, 6.07) is 9.71. The summed E-state index contributed by atoms with van der Waals surface area (Å²) < 4.78 is 0. The Morgan fingerprint density at radius 3 is 2.79 bits per heavy atom. The minimum absolute atomic E-state index is 0.0124. The molecule has 0 aliphatic rings. The van der Waals surface area contributed by atoms with E-state index in [-0.39, 0.29) is 11.5 Å². The molecule has 0 aliphatic heterocycles. The first-order valence-corrected chi connectivity index (χ1v) is 5.45. The molecule has 0 spiro atoms. The van der Waals surface area contributed by atoms with E-state index in [1.807, 2.05) is 6.07 Å². The monoisotopic (exact) mass is 254 g/mol. The fourth-order valence-electron chi connectivity index (χ4n) is 1.78. The lowest BCUT2D eigenvalue weighted by molar-refractivity contribution is -0.384. The van der Waals surface area contributed by atoms with Gasteiger partial charge in [-0.1, -0.05) is 12.1 Å². The standard InChI is InChI=1S/C13H10N4O2/c1-8-5-10(7-14)13(15)16-12(8)9-3-2-4-11(6-9)17(18)19/h2-6H,1H3,(H2,15,16). The third-order valence-electron chi connectivity index (χ3n) is 2.69. The Bertz CT molecular complexity index is 704. The Hall–Kier alpha value is -2.94. The molecule has 1 aromatic heterocycles. The first kappa shape index (κ1) is 12.5. The number of hydrogen-bond acceptors (Lipinski definition) is 5. The van der Waals surface area contributed by atoms with Gasteiger partial charge in [0.25, 0.3) is 5.69 Å². The average molecular weight is 254 g/mol. The van der Waals surface area contributed by atoms with Crippen LogP contribution in [0.15, 0.2) is 30.3 Å². The van der Waals surface area contributed by atoms with Gasteiger partial charge in [-0.25, -0.2) is 4.98 Å². The van der Waals surface area contributed by atoms with E-state index in [0.717, 1.165) is 5.56 Å². The zero-order valence-electron chi connectivity index (χ0n) is 10.1. The second-order valence-corrected chi connectivity index (χ2v) is 4.01. The Kier molecular flexibility index (Phi) is 3.12. The number of pyridine rings is 1. The van der Waals surface area contributed by atoms with Gasteiger partial charge in [-0.15, -0.1) is 0 Å². The van der Waals surface area contributed by atoms with Crippen molar-refractivity contribution in [3.8, 4) is 17.3 Å². The van der Waals surface area contributed by atoms with Gasteiger partial charge in [-0.05, 0) is 18.6 Å². The van der Waals surface area contributed by atoms with E-state index in [4.69, 9.17) is 11.0 Å². The number of non-ortho nitro benzene ring substituents is 1. The molecule has 1 heterocycles. The summed E-state index contributed by atoms with van der Waals surface area (Å²) >= 11 is 0. The Labute approximate surface area is 109 Å². The average Bonchev–Trinajstić information content (AvgIpc) is 2.41. The Balaban J connectivity index is 2.60. The fraction of sp³-hybridized carbons (Fsp3) is 0.0769.